The lowest BCUT2D eigenvalue weighted by Gasteiger charge is -2.63. The zero-order chi connectivity index (χ0) is 19.7. The van der Waals surface area contributed by atoms with Crippen LogP contribution in [0, 0.1) is 11.3 Å². The van der Waals surface area contributed by atoms with Crippen LogP contribution < -0.4 is 10.6 Å². The predicted octanol–water partition coefficient (Wildman–Crippen LogP) is 3.30. The van der Waals surface area contributed by atoms with Gasteiger partial charge < -0.3 is 15.4 Å². The number of nitrogens with zero attached hydrogens (tertiary/aromatic N) is 2. The number of ether oxygens (including phenoxy) is 1. The van der Waals surface area contributed by atoms with Crippen LogP contribution in [-0.4, -0.2) is 49.2 Å². The molecule has 1 aromatic carbocycles. The third kappa shape index (κ3) is 3.68. The van der Waals surface area contributed by atoms with Gasteiger partial charge in [0.25, 0.3) is 0 Å². The Balaban J connectivity index is 1.20. The standard InChI is InChI=1S/C24H36N4O/c1-2-25-23(27-21-20-10-15-29-22(20)24(21)11-5-12-24)26-16-18-6-8-19(9-7-18)17-28-13-3-4-14-28/h6-9,20-22H,2-5,10-17H2,1H3,(H2,25,26,27). The molecule has 5 nitrogen and oxygen atoms in total. The SMILES string of the molecule is CCNC(=NCc1ccc(CN2CCCC2)cc1)NC1C2CCOC2C12CCC2. The van der Waals surface area contributed by atoms with E-state index in [1.54, 1.807) is 0 Å². The summed E-state index contributed by atoms with van der Waals surface area (Å²) in [6, 6.07) is 9.58. The van der Waals surface area contributed by atoms with Crippen molar-refractivity contribution in [2.24, 2.45) is 16.3 Å². The first-order valence-electron chi connectivity index (χ1n) is 11.8. The Kier molecular flexibility index (Phi) is 5.53. The van der Waals surface area contributed by atoms with Crippen molar-refractivity contribution in [3.8, 4) is 0 Å². The molecule has 2 heterocycles. The van der Waals surface area contributed by atoms with Gasteiger partial charge in [0.2, 0.25) is 0 Å². The molecule has 0 radical (unpaired) electrons. The van der Waals surface area contributed by atoms with Gasteiger partial charge in [0, 0.05) is 37.1 Å². The lowest BCUT2D eigenvalue weighted by atomic mass is 9.46. The lowest BCUT2D eigenvalue weighted by molar-refractivity contribution is -0.171. The van der Waals surface area contributed by atoms with Crippen LogP contribution in [-0.2, 0) is 17.8 Å². The maximum Gasteiger partial charge on any atom is 0.191 e. The van der Waals surface area contributed by atoms with E-state index >= 15 is 0 Å². The maximum absolute atomic E-state index is 6.07. The quantitative estimate of drug-likeness (QED) is 0.572. The number of fused-ring (bicyclic) bond motifs is 2. The van der Waals surface area contributed by atoms with Crippen LogP contribution in [0.4, 0.5) is 0 Å². The van der Waals surface area contributed by atoms with E-state index in [4.69, 9.17) is 9.73 Å². The second-order valence-corrected chi connectivity index (χ2v) is 9.45. The second-order valence-electron chi connectivity index (χ2n) is 9.45. The largest absolute Gasteiger partial charge is 0.377 e. The van der Waals surface area contributed by atoms with E-state index in [1.807, 2.05) is 0 Å². The van der Waals surface area contributed by atoms with Crippen LogP contribution >= 0.6 is 0 Å². The molecule has 0 aromatic heterocycles. The molecule has 2 aliphatic carbocycles. The van der Waals surface area contributed by atoms with E-state index in [2.05, 4.69) is 46.7 Å². The fourth-order valence-electron chi connectivity index (χ4n) is 6.04. The third-order valence-corrected chi connectivity index (χ3v) is 7.72. The predicted molar refractivity (Wildman–Crippen MR) is 117 cm³/mol. The van der Waals surface area contributed by atoms with E-state index in [-0.39, 0.29) is 0 Å². The Bertz CT molecular complexity index is 721. The molecule has 0 amide bonds. The first kappa shape index (κ1) is 19.4. The van der Waals surface area contributed by atoms with Gasteiger partial charge in [0.15, 0.2) is 5.96 Å². The molecule has 3 atom stereocenters. The molecular formula is C24H36N4O. The van der Waals surface area contributed by atoms with Crippen LogP contribution in [0.1, 0.15) is 56.6 Å². The zero-order valence-corrected chi connectivity index (χ0v) is 17.8. The van der Waals surface area contributed by atoms with Crippen molar-refractivity contribution in [3.63, 3.8) is 0 Å². The zero-order valence-electron chi connectivity index (χ0n) is 17.8. The average Bonchev–Trinajstić information content (AvgIpc) is 3.35. The molecule has 2 aliphatic heterocycles. The molecule has 158 valence electrons. The van der Waals surface area contributed by atoms with Gasteiger partial charge >= 0.3 is 0 Å². The smallest absolute Gasteiger partial charge is 0.191 e. The van der Waals surface area contributed by atoms with Crippen molar-refractivity contribution in [2.45, 2.75) is 70.7 Å². The van der Waals surface area contributed by atoms with Gasteiger partial charge in [-0.15, -0.1) is 0 Å². The second kappa shape index (κ2) is 8.27. The number of guanidine groups is 1. The van der Waals surface area contributed by atoms with E-state index in [9.17, 15) is 0 Å². The van der Waals surface area contributed by atoms with Crippen LogP contribution in [0.3, 0.4) is 0 Å². The highest BCUT2D eigenvalue weighted by Crippen LogP contribution is 2.62. The summed E-state index contributed by atoms with van der Waals surface area (Å²) < 4.78 is 6.07. The Morgan fingerprint density at radius 2 is 1.90 bits per heavy atom. The minimum atomic E-state index is 0.384. The van der Waals surface area contributed by atoms with Crippen molar-refractivity contribution in [1.29, 1.82) is 0 Å². The summed E-state index contributed by atoms with van der Waals surface area (Å²) in [5.41, 5.74) is 3.08. The summed E-state index contributed by atoms with van der Waals surface area (Å²) in [5.74, 6) is 1.64. The average molecular weight is 397 g/mol. The summed E-state index contributed by atoms with van der Waals surface area (Å²) in [6.45, 7) is 8.29. The summed E-state index contributed by atoms with van der Waals surface area (Å²) in [4.78, 5) is 7.47. The van der Waals surface area contributed by atoms with Gasteiger partial charge in [-0.2, -0.15) is 0 Å². The van der Waals surface area contributed by atoms with Gasteiger partial charge in [-0.25, -0.2) is 4.99 Å². The Morgan fingerprint density at radius 3 is 2.59 bits per heavy atom. The number of hydrogen-bond donors (Lipinski definition) is 2. The Labute approximate surface area is 175 Å². The summed E-state index contributed by atoms with van der Waals surface area (Å²) in [5, 5.41) is 7.27. The summed E-state index contributed by atoms with van der Waals surface area (Å²) in [7, 11) is 0. The number of hydrogen-bond acceptors (Lipinski definition) is 3. The summed E-state index contributed by atoms with van der Waals surface area (Å²) >= 11 is 0. The highest BCUT2D eigenvalue weighted by atomic mass is 16.5. The number of rotatable bonds is 6. The van der Waals surface area contributed by atoms with E-state index in [0.29, 0.717) is 23.5 Å². The molecule has 4 fully saturated rings. The molecule has 2 N–H and O–H groups in total. The normalized spacial score (nSPS) is 30.7. The van der Waals surface area contributed by atoms with Crippen molar-refractivity contribution < 1.29 is 4.74 Å². The minimum Gasteiger partial charge on any atom is -0.377 e. The van der Waals surface area contributed by atoms with Gasteiger partial charge in [0.05, 0.1) is 12.6 Å². The number of likely N-dealkylation sites (tertiary alicyclic amines) is 1. The fraction of sp³-hybridized carbons (Fsp3) is 0.708. The van der Waals surface area contributed by atoms with Crippen LogP contribution in [0.5, 0.6) is 0 Å². The van der Waals surface area contributed by atoms with Crippen molar-refractivity contribution in [3.05, 3.63) is 35.4 Å². The molecule has 2 saturated carbocycles. The van der Waals surface area contributed by atoms with Gasteiger partial charge in [-0.05, 0) is 63.2 Å². The Hall–Kier alpha value is -1.59. The highest BCUT2D eigenvalue weighted by molar-refractivity contribution is 5.80. The number of nitrogens with one attached hydrogen (secondary N) is 2. The van der Waals surface area contributed by atoms with Gasteiger partial charge in [-0.3, -0.25) is 4.90 Å². The molecule has 4 aliphatic rings. The number of aliphatic imine (C=N–C) groups is 1. The molecule has 5 rings (SSSR count). The van der Waals surface area contributed by atoms with Crippen LogP contribution in [0.15, 0.2) is 29.3 Å². The maximum atomic E-state index is 6.07. The lowest BCUT2D eigenvalue weighted by Crippen LogP contribution is -2.72. The van der Waals surface area contributed by atoms with Crippen molar-refractivity contribution in [1.82, 2.24) is 15.5 Å². The van der Waals surface area contributed by atoms with E-state index in [0.717, 1.165) is 32.2 Å². The molecule has 1 spiro atoms. The highest BCUT2D eigenvalue weighted by Gasteiger charge is 2.66. The van der Waals surface area contributed by atoms with Crippen molar-refractivity contribution >= 4 is 5.96 Å². The van der Waals surface area contributed by atoms with Crippen molar-refractivity contribution in [2.75, 3.05) is 26.2 Å². The molecule has 3 unspecified atom stereocenters. The molecule has 2 saturated heterocycles. The molecule has 1 aromatic rings. The van der Waals surface area contributed by atoms with E-state index < -0.39 is 0 Å². The van der Waals surface area contributed by atoms with Crippen LogP contribution in [0.25, 0.3) is 0 Å². The molecular weight excluding hydrogens is 360 g/mol. The molecule has 0 bridgehead atoms. The molecule has 5 heteroatoms. The van der Waals surface area contributed by atoms with Gasteiger partial charge in [0.1, 0.15) is 0 Å². The fourth-order valence-corrected chi connectivity index (χ4v) is 6.04. The third-order valence-electron chi connectivity index (χ3n) is 7.72. The minimum absolute atomic E-state index is 0.384. The monoisotopic (exact) mass is 396 g/mol. The first-order valence-corrected chi connectivity index (χ1v) is 11.8. The van der Waals surface area contributed by atoms with E-state index in [1.165, 1.54) is 62.7 Å². The number of benzene rings is 1. The first-order chi connectivity index (χ1) is 14.3. The van der Waals surface area contributed by atoms with Gasteiger partial charge in [-0.1, -0.05) is 30.7 Å². The summed E-state index contributed by atoms with van der Waals surface area (Å²) in [6.07, 6.45) is 8.36. The Morgan fingerprint density at radius 1 is 1.14 bits per heavy atom. The topological polar surface area (TPSA) is 48.9 Å². The molecule has 29 heavy (non-hydrogen) atoms. The van der Waals surface area contributed by atoms with Crippen LogP contribution in [0.2, 0.25) is 0 Å².